The van der Waals surface area contributed by atoms with Crippen LogP contribution in [0.2, 0.25) is 0 Å². The molecule has 0 unspecified atom stereocenters. The number of benzene rings is 2. The number of fused-ring (bicyclic) bond motifs is 2. The number of rotatable bonds is 3. The molecule has 1 fully saturated rings. The molecule has 4 heteroatoms. The van der Waals surface area contributed by atoms with Crippen LogP contribution in [0.3, 0.4) is 0 Å². The molecule has 0 bridgehead atoms. The Morgan fingerprint density at radius 1 is 0.839 bits per heavy atom. The molecular weight excluding hydrogens is 384 g/mol. The van der Waals surface area contributed by atoms with Gasteiger partial charge in [-0.05, 0) is 60.2 Å². The molecule has 0 radical (unpaired) electrons. The highest BCUT2D eigenvalue weighted by molar-refractivity contribution is 6.06. The van der Waals surface area contributed by atoms with Gasteiger partial charge in [0, 0.05) is 23.9 Å². The first-order chi connectivity index (χ1) is 15.1. The molecule has 0 N–H and O–H groups in total. The fourth-order valence-electron chi connectivity index (χ4n) is 5.14. The summed E-state index contributed by atoms with van der Waals surface area (Å²) in [7, 11) is 0. The van der Waals surface area contributed by atoms with Gasteiger partial charge in [0.25, 0.3) is 5.91 Å². The molecule has 2 aliphatic rings. The van der Waals surface area contributed by atoms with Gasteiger partial charge in [0.1, 0.15) is 0 Å². The fraction of sp³-hybridized carbons (Fsp3) is 0.333. The number of hydrogen-bond donors (Lipinski definition) is 0. The third-order valence-electron chi connectivity index (χ3n) is 6.84. The van der Waals surface area contributed by atoms with Crippen LogP contribution < -0.4 is 4.90 Å². The fourth-order valence-corrected chi connectivity index (χ4v) is 5.14. The molecule has 4 nitrogen and oxygen atoms in total. The number of anilines is 1. The minimum atomic E-state index is 0.00155. The lowest BCUT2D eigenvalue weighted by molar-refractivity contribution is 0.0983. The molecule has 2 heterocycles. The van der Waals surface area contributed by atoms with E-state index in [9.17, 15) is 9.59 Å². The van der Waals surface area contributed by atoms with Gasteiger partial charge in [0.05, 0.1) is 18.8 Å². The van der Waals surface area contributed by atoms with Gasteiger partial charge < -0.3 is 9.47 Å². The summed E-state index contributed by atoms with van der Waals surface area (Å²) in [6.07, 6.45) is 6.45. The Morgan fingerprint density at radius 3 is 2.32 bits per heavy atom. The van der Waals surface area contributed by atoms with Crippen molar-refractivity contribution in [2.75, 3.05) is 4.90 Å². The van der Waals surface area contributed by atoms with Crippen LogP contribution in [-0.2, 0) is 13.1 Å². The van der Waals surface area contributed by atoms with Gasteiger partial charge in [0.2, 0.25) is 0 Å². The lowest BCUT2D eigenvalue weighted by Crippen LogP contribution is -2.30. The van der Waals surface area contributed by atoms with E-state index in [4.69, 9.17) is 0 Å². The molecule has 0 spiro atoms. The molecule has 3 aromatic rings. The van der Waals surface area contributed by atoms with E-state index in [-0.39, 0.29) is 11.7 Å². The van der Waals surface area contributed by atoms with E-state index < -0.39 is 0 Å². The Labute approximate surface area is 183 Å². The predicted molar refractivity (Wildman–Crippen MR) is 123 cm³/mol. The van der Waals surface area contributed by atoms with Crippen LogP contribution in [0.15, 0.2) is 60.7 Å². The van der Waals surface area contributed by atoms with Crippen molar-refractivity contribution in [3.8, 4) is 0 Å². The van der Waals surface area contributed by atoms with Crippen molar-refractivity contribution in [1.82, 2.24) is 4.57 Å². The lowest BCUT2D eigenvalue weighted by Gasteiger charge is -2.24. The molecule has 2 aromatic carbocycles. The smallest absolute Gasteiger partial charge is 0.258 e. The van der Waals surface area contributed by atoms with Crippen LogP contribution in [-0.4, -0.2) is 16.3 Å². The van der Waals surface area contributed by atoms with E-state index in [1.807, 2.05) is 58.0 Å². The van der Waals surface area contributed by atoms with Crippen molar-refractivity contribution in [2.24, 2.45) is 0 Å². The monoisotopic (exact) mass is 412 g/mol. The van der Waals surface area contributed by atoms with Crippen LogP contribution in [0, 0.1) is 0 Å². The number of para-hydroxylation sites is 1. The number of ketones is 1. The van der Waals surface area contributed by atoms with Gasteiger partial charge in [-0.1, -0.05) is 49.6 Å². The van der Waals surface area contributed by atoms with E-state index in [1.165, 1.54) is 37.7 Å². The zero-order valence-corrected chi connectivity index (χ0v) is 18.0. The highest BCUT2D eigenvalue weighted by atomic mass is 16.2. The van der Waals surface area contributed by atoms with Crippen LogP contribution in [0.5, 0.6) is 0 Å². The summed E-state index contributed by atoms with van der Waals surface area (Å²) in [4.78, 5) is 27.6. The van der Waals surface area contributed by atoms with E-state index in [0.717, 1.165) is 16.9 Å². The van der Waals surface area contributed by atoms with E-state index in [2.05, 4.69) is 12.1 Å². The summed E-state index contributed by atoms with van der Waals surface area (Å²) < 4.78 is 2.04. The minimum Gasteiger partial charge on any atom is -0.336 e. The Hall–Kier alpha value is -3.14. The molecule has 5 rings (SSSR count). The molecule has 1 aliphatic heterocycles. The van der Waals surface area contributed by atoms with Gasteiger partial charge in [-0.25, -0.2) is 0 Å². The molecule has 1 aromatic heterocycles. The lowest BCUT2D eigenvalue weighted by atomic mass is 9.84. The second-order valence-electron chi connectivity index (χ2n) is 8.83. The van der Waals surface area contributed by atoms with Crippen molar-refractivity contribution in [3.63, 3.8) is 0 Å². The Balaban J connectivity index is 1.48. The number of Topliss-reactive ketones (excluding diaryl/α,β-unsaturated/α-hetero) is 1. The van der Waals surface area contributed by atoms with Gasteiger partial charge in [-0.3, -0.25) is 9.59 Å². The maximum atomic E-state index is 13.6. The molecule has 0 saturated heterocycles. The maximum absolute atomic E-state index is 13.6. The number of nitrogens with zero attached hydrogens (tertiary/aromatic N) is 2. The third-order valence-corrected chi connectivity index (χ3v) is 6.84. The van der Waals surface area contributed by atoms with Crippen LogP contribution in [0.4, 0.5) is 5.69 Å². The number of aromatic nitrogens is 1. The summed E-state index contributed by atoms with van der Waals surface area (Å²) in [5, 5.41) is 0. The van der Waals surface area contributed by atoms with Crippen molar-refractivity contribution in [2.45, 2.75) is 58.0 Å². The summed E-state index contributed by atoms with van der Waals surface area (Å²) in [6.45, 7) is 2.64. The van der Waals surface area contributed by atoms with E-state index in [1.54, 1.807) is 6.92 Å². The van der Waals surface area contributed by atoms with Crippen molar-refractivity contribution >= 4 is 17.4 Å². The Morgan fingerprint density at radius 2 is 1.58 bits per heavy atom. The van der Waals surface area contributed by atoms with Crippen molar-refractivity contribution < 1.29 is 9.59 Å². The maximum Gasteiger partial charge on any atom is 0.258 e. The molecule has 0 atom stereocenters. The molecule has 31 heavy (non-hydrogen) atoms. The average molecular weight is 413 g/mol. The second kappa shape index (κ2) is 8.18. The second-order valence-corrected chi connectivity index (χ2v) is 8.83. The number of hydrogen-bond acceptors (Lipinski definition) is 2. The van der Waals surface area contributed by atoms with Gasteiger partial charge in [0.15, 0.2) is 5.78 Å². The third kappa shape index (κ3) is 3.71. The average Bonchev–Trinajstić information content (AvgIpc) is 3.13. The van der Waals surface area contributed by atoms with Gasteiger partial charge >= 0.3 is 0 Å². The van der Waals surface area contributed by atoms with Crippen LogP contribution in [0.25, 0.3) is 0 Å². The largest absolute Gasteiger partial charge is 0.336 e. The standard InChI is InChI=1S/C27H28N2O2/c1-19(30)25-16-15-24-18-29(26-10-6-5-9-23(26)17-28(24)25)27(31)22-13-11-21(12-14-22)20-7-3-2-4-8-20/h5-6,9-16,20H,2-4,7-8,17-18H2,1H3. The van der Waals surface area contributed by atoms with Gasteiger partial charge in [-0.2, -0.15) is 0 Å². The number of amides is 1. The highest BCUT2D eigenvalue weighted by Gasteiger charge is 2.27. The molecule has 158 valence electrons. The minimum absolute atomic E-state index is 0.00155. The highest BCUT2D eigenvalue weighted by Crippen LogP contribution is 2.34. The summed E-state index contributed by atoms with van der Waals surface area (Å²) in [5.41, 5.74) is 5.70. The normalized spacial score (nSPS) is 16.4. The number of carbonyl (C=O) groups excluding carboxylic acids is 2. The molecule has 1 amide bonds. The van der Waals surface area contributed by atoms with Crippen LogP contribution in [0.1, 0.15) is 82.6 Å². The Bertz CT molecular complexity index is 1120. The van der Waals surface area contributed by atoms with Gasteiger partial charge in [-0.15, -0.1) is 0 Å². The van der Waals surface area contributed by atoms with Crippen LogP contribution >= 0.6 is 0 Å². The SMILES string of the molecule is CC(=O)c1ccc2n1Cc1ccccc1N(C(=O)c1ccc(C3CCCCC3)cc1)C2. The molecule has 1 saturated carbocycles. The molecule has 1 aliphatic carbocycles. The quantitative estimate of drug-likeness (QED) is 0.499. The number of carbonyl (C=O) groups is 2. The van der Waals surface area contributed by atoms with Crippen molar-refractivity contribution in [3.05, 3.63) is 88.7 Å². The summed E-state index contributed by atoms with van der Waals surface area (Å²) >= 11 is 0. The first kappa shape index (κ1) is 19.8. The summed E-state index contributed by atoms with van der Waals surface area (Å²) in [5.74, 6) is 0.675. The summed E-state index contributed by atoms with van der Waals surface area (Å²) in [6, 6.07) is 20.1. The first-order valence-electron chi connectivity index (χ1n) is 11.3. The predicted octanol–water partition coefficient (Wildman–Crippen LogP) is 5.95. The topological polar surface area (TPSA) is 42.3 Å². The van der Waals surface area contributed by atoms with E-state index >= 15 is 0 Å². The first-order valence-corrected chi connectivity index (χ1v) is 11.3. The Kier molecular flexibility index (Phi) is 5.23. The zero-order valence-electron chi connectivity index (χ0n) is 18.0. The van der Waals surface area contributed by atoms with Crippen molar-refractivity contribution in [1.29, 1.82) is 0 Å². The molecular formula is C27H28N2O2. The van der Waals surface area contributed by atoms with E-state index in [0.29, 0.717) is 30.3 Å². The zero-order chi connectivity index (χ0) is 21.4.